The van der Waals surface area contributed by atoms with E-state index in [9.17, 15) is 13.2 Å². The molecule has 3 N–H and O–H groups in total. The molecule has 0 aliphatic carbocycles. The third-order valence-corrected chi connectivity index (χ3v) is 5.79. The van der Waals surface area contributed by atoms with Crippen molar-refractivity contribution in [2.45, 2.75) is 11.8 Å². The highest BCUT2D eigenvalue weighted by Crippen LogP contribution is 2.29. The molecule has 0 radical (unpaired) electrons. The Hall–Kier alpha value is -2.29. The molecule has 0 heterocycles. The van der Waals surface area contributed by atoms with E-state index >= 15 is 0 Å². The van der Waals surface area contributed by atoms with Crippen LogP contribution in [0.5, 0.6) is 0 Å². The number of hydrogen-bond acceptors (Lipinski definition) is 5. The van der Waals surface area contributed by atoms with Gasteiger partial charge in [-0.25, -0.2) is 12.7 Å². The largest absolute Gasteiger partial charge is 0.399 e. The van der Waals surface area contributed by atoms with Crippen LogP contribution in [0.15, 0.2) is 41.3 Å². The Morgan fingerprint density at radius 2 is 1.67 bits per heavy atom. The molecule has 0 bridgehead atoms. The highest BCUT2D eigenvalue weighted by molar-refractivity contribution is 7.89. The molecule has 0 aliphatic heterocycles. The Kier molecular flexibility index (Phi) is 7.25. The maximum Gasteiger partial charge on any atom is 0.256 e. The Balaban J connectivity index is 0.00000364. The highest BCUT2D eigenvalue weighted by atomic mass is 35.5. The molecule has 0 saturated carbocycles. The van der Waals surface area contributed by atoms with Gasteiger partial charge >= 0.3 is 0 Å². The van der Waals surface area contributed by atoms with Gasteiger partial charge in [-0.2, -0.15) is 0 Å². The molecule has 0 spiro atoms. The van der Waals surface area contributed by atoms with E-state index in [0.29, 0.717) is 22.6 Å². The van der Waals surface area contributed by atoms with Gasteiger partial charge in [0, 0.05) is 39.4 Å². The van der Waals surface area contributed by atoms with Gasteiger partial charge in [-0.3, -0.25) is 4.79 Å². The second kappa shape index (κ2) is 8.60. The zero-order valence-electron chi connectivity index (χ0n) is 16.0. The summed E-state index contributed by atoms with van der Waals surface area (Å²) in [6.45, 7) is 1.81. The van der Waals surface area contributed by atoms with E-state index in [4.69, 9.17) is 5.73 Å². The standard InChI is InChI=1S/C18H24N4O3S.ClH/c1-12-6-7-13(19)10-15(12)18(23)20-16-11-14(26(24,25)22(4)5)8-9-17(16)21(2)3;/h6-11H,19H2,1-5H3,(H,20,23);1H. The summed E-state index contributed by atoms with van der Waals surface area (Å²) in [6, 6.07) is 9.74. The van der Waals surface area contributed by atoms with E-state index in [1.54, 1.807) is 29.2 Å². The number of benzene rings is 2. The van der Waals surface area contributed by atoms with E-state index in [1.165, 1.54) is 26.2 Å². The molecule has 2 aromatic rings. The lowest BCUT2D eigenvalue weighted by Crippen LogP contribution is -2.23. The van der Waals surface area contributed by atoms with Gasteiger partial charge in [-0.05, 0) is 42.8 Å². The van der Waals surface area contributed by atoms with Gasteiger partial charge in [0.05, 0.1) is 16.3 Å². The molecule has 0 saturated heterocycles. The summed E-state index contributed by atoms with van der Waals surface area (Å²) in [5.74, 6) is -0.350. The summed E-state index contributed by atoms with van der Waals surface area (Å²) < 4.78 is 25.9. The van der Waals surface area contributed by atoms with Gasteiger partial charge in [0.25, 0.3) is 5.91 Å². The fourth-order valence-corrected chi connectivity index (χ4v) is 3.38. The number of amides is 1. The van der Waals surface area contributed by atoms with Crippen molar-refractivity contribution in [3.63, 3.8) is 0 Å². The number of anilines is 3. The van der Waals surface area contributed by atoms with Crippen LogP contribution in [0.1, 0.15) is 15.9 Å². The van der Waals surface area contributed by atoms with Gasteiger partial charge in [0.1, 0.15) is 0 Å². The van der Waals surface area contributed by atoms with Crippen molar-refractivity contribution < 1.29 is 13.2 Å². The first-order chi connectivity index (χ1) is 12.0. The van der Waals surface area contributed by atoms with Crippen LogP contribution in [-0.2, 0) is 10.0 Å². The summed E-state index contributed by atoms with van der Waals surface area (Å²) >= 11 is 0. The Labute approximate surface area is 166 Å². The average molecular weight is 413 g/mol. The molecular weight excluding hydrogens is 388 g/mol. The van der Waals surface area contributed by atoms with Crippen molar-refractivity contribution in [3.8, 4) is 0 Å². The number of nitrogens with one attached hydrogen (secondary N) is 1. The van der Waals surface area contributed by atoms with Crippen molar-refractivity contribution in [2.75, 3.05) is 44.1 Å². The van der Waals surface area contributed by atoms with Crippen molar-refractivity contribution in [2.24, 2.45) is 0 Å². The number of aryl methyl sites for hydroxylation is 1. The van der Waals surface area contributed by atoms with E-state index in [2.05, 4.69) is 5.32 Å². The zero-order valence-corrected chi connectivity index (χ0v) is 17.6. The molecule has 0 fully saturated rings. The Bertz CT molecular complexity index is 944. The number of nitrogen functional groups attached to an aromatic ring is 1. The lowest BCUT2D eigenvalue weighted by atomic mass is 10.1. The van der Waals surface area contributed by atoms with Gasteiger partial charge in [-0.15, -0.1) is 12.4 Å². The van der Waals surface area contributed by atoms with E-state index < -0.39 is 10.0 Å². The predicted octanol–water partition coefficient (Wildman–Crippen LogP) is 2.57. The van der Waals surface area contributed by atoms with Crippen LogP contribution in [0.4, 0.5) is 17.1 Å². The smallest absolute Gasteiger partial charge is 0.256 e. The normalized spacial score (nSPS) is 11.0. The summed E-state index contributed by atoms with van der Waals surface area (Å²) in [4.78, 5) is 14.6. The molecule has 0 atom stereocenters. The number of hydrogen-bond donors (Lipinski definition) is 2. The SMILES string of the molecule is Cc1ccc(N)cc1C(=O)Nc1cc(S(=O)(=O)N(C)C)ccc1N(C)C.Cl. The number of halogens is 1. The van der Waals surface area contributed by atoms with Gasteiger partial charge in [-0.1, -0.05) is 6.07 Å². The minimum atomic E-state index is -3.61. The summed E-state index contributed by atoms with van der Waals surface area (Å²) in [7, 11) is 2.94. The summed E-state index contributed by atoms with van der Waals surface area (Å²) in [5, 5.41) is 2.81. The third-order valence-electron chi connectivity index (χ3n) is 3.98. The monoisotopic (exact) mass is 412 g/mol. The average Bonchev–Trinajstić information content (AvgIpc) is 2.56. The third kappa shape index (κ3) is 4.91. The fraction of sp³-hybridized carbons (Fsp3) is 0.278. The van der Waals surface area contributed by atoms with Crippen molar-refractivity contribution >= 4 is 45.4 Å². The van der Waals surface area contributed by atoms with Crippen LogP contribution in [0.2, 0.25) is 0 Å². The molecule has 7 nitrogen and oxygen atoms in total. The first kappa shape index (κ1) is 22.8. The Morgan fingerprint density at radius 3 is 2.22 bits per heavy atom. The molecular formula is C18H25ClN4O3S. The van der Waals surface area contributed by atoms with Crippen molar-refractivity contribution in [1.82, 2.24) is 4.31 Å². The van der Waals surface area contributed by atoms with E-state index in [1.807, 2.05) is 21.0 Å². The van der Waals surface area contributed by atoms with Crippen LogP contribution in [0.25, 0.3) is 0 Å². The van der Waals surface area contributed by atoms with Crippen LogP contribution in [-0.4, -0.2) is 46.8 Å². The van der Waals surface area contributed by atoms with E-state index in [-0.39, 0.29) is 23.2 Å². The number of carbonyl (C=O) groups is 1. The maximum atomic E-state index is 12.7. The quantitative estimate of drug-likeness (QED) is 0.736. The minimum Gasteiger partial charge on any atom is -0.399 e. The number of rotatable bonds is 5. The number of nitrogens with two attached hydrogens (primary N) is 1. The van der Waals surface area contributed by atoms with Crippen LogP contribution in [0.3, 0.4) is 0 Å². The van der Waals surface area contributed by atoms with E-state index in [0.717, 1.165) is 9.87 Å². The highest BCUT2D eigenvalue weighted by Gasteiger charge is 2.20. The topological polar surface area (TPSA) is 95.7 Å². The number of nitrogens with zero attached hydrogens (tertiary/aromatic N) is 2. The molecule has 0 aliphatic rings. The minimum absolute atomic E-state index is 0. The predicted molar refractivity (Wildman–Crippen MR) is 112 cm³/mol. The summed E-state index contributed by atoms with van der Waals surface area (Å²) in [5.41, 5.74) is 8.58. The molecule has 0 unspecified atom stereocenters. The Morgan fingerprint density at radius 1 is 1.04 bits per heavy atom. The van der Waals surface area contributed by atoms with Gasteiger partial charge in [0.2, 0.25) is 10.0 Å². The first-order valence-corrected chi connectivity index (χ1v) is 9.39. The van der Waals surface area contributed by atoms with Crippen LogP contribution >= 0.6 is 12.4 Å². The zero-order chi connectivity index (χ0) is 19.6. The second-order valence-corrected chi connectivity index (χ2v) is 8.54. The van der Waals surface area contributed by atoms with Crippen molar-refractivity contribution in [3.05, 3.63) is 47.5 Å². The molecule has 1 amide bonds. The summed E-state index contributed by atoms with van der Waals surface area (Å²) in [6.07, 6.45) is 0. The fourth-order valence-electron chi connectivity index (χ4n) is 2.45. The molecule has 27 heavy (non-hydrogen) atoms. The lowest BCUT2D eigenvalue weighted by Gasteiger charge is -2.20. The van der Waals surface area contributed by atoms with Gasteiger partial charge in [0.15, 0.2) is 0 Å². The molecule has 148 valence electrons. The molecule has 2 aromatic carbocycles. The molecule has 0 aromatic heterocycles. The van der Waals surface area contributed by atoms with Crippen LogP contribution in [0, 0.1) is 6.92 Å². The van der Waals surface area contributed by atoms with Gasteiger partial charge < -0.3 is 16.0 Å². The maximum absolute atomic E-state index is 12.7. The number of sulfonamides is 1. The molecule has 9 heteroatoms. The second-order valence-electron chi connectivity index (χ2n) is 6.39. The number of carbonyl (C=O) groups excluding carboxylic acids is 1. The van der Waals surface area contributed by atoms with Crippen LogP contribution < -0.4 is 16.0 Å². The molecule has 2 rings (SSSR count). The first-order valence-electron chi connectivity index (χ1n) is 7.95. The van der Waals surface area contributed by atoms with Crippen molar-refractivity contribution in [1.29, 1.82) is 0 Å². The lowest BCUT2D eigenvalue weighted by molar-refractivity contribution is 0.102.